The summed E-state index contributed by atoms with van der Waals surface area (Å²) in [4.78, 5) is 19.1. The van der Waals surface area contributed by atoms with Gasteiger partial charge in [0, 0.05) is 29.3 Å². The number of hydrogen-bond acceptors (Lipinski definition) is 6. The van der Waals surface area contributed by atoms with E-state index in [1.807, 2.05) is 69.6 Å². The maximum absolute atomic E-state index is 12.6. The molecule has 0 saturated carbocycles. The van der Waals surface area contributed by atoms with Gasteiger partial charge in [0.05, 0.1) is 0 Å². The number of nitrogens with one attached hydrogen (secondary N) is 1. The van der Waals surface area contributed by atoms with Crippen LogP contribution in [0.1, 0.15) is 20.9 Å². The Kier molecular flexibility index (Phi) is 5.33. The maximum Gasteiger partial charge on any atom is 0.256 e. The van der Waals surface area contributed by atoms with Crippen LogP contribution in [0.2, 0.25) is 0 Å². The minimum absolute atomic E-state index is 0.177. The van der Waals surface area contributed by atoms with Crippen molar-refractivity contribution in [3.8, 4) is 10.6 Å². The molecule has 146 valence electrons. The van der Waals surface area contributed by atoms with Crippen molar-refractivity contribution in [2.75, 3.05) is 19.4 Å². The first-order valence-electron chi connectivity index (χ1n) is 9.23. The third-order valence-electron chi connectivity index (χ3n) is 4.45. The van der Waals surface area contributed by atoms with Crippen LogP contribution in [0.15, 0.2) is 54.7 Å². The van der Waals surface area contributed by atoms with E-state index in [0.717, 1.165) is 38.5 Å². The monoisotopic (exact) mass is 403 g/mol. The number of amides is 1. The van der Waals surface area contributed by atoms with Gasteiger partial charge in [-0.3, -0.25) is 4.79 Å². The van der Waals surface area contributed by atoms with Crippen molar-refractivity contribution < 1.29 is 4.79 Å². The number of carbonyl (C=O) groups excluding carboxylic acids is 1. The van der Waals surface area contributed by atoms with E-state index in [2.05, 4.69) is 25.4 Å². The number of fused-ring (bicyclic) bond motifs is 1. The molecule has 0 bridgehead atoms. The number of nitrogens with zero attached hydrogens (tertiary/aromatic N) is 4. The number of aromatic nitrogens is 3. The molecule has 0 aliphatic carbocycles. The first-order valence-corrected chi connectivity index (χ1v) is 10.0. The SMILES string of the molecule is Cc1nnc(-c2ccc3cnc(NC(=O)c4ccc(CN(C)C)cc4)cc3c2)s1. The Bertz CT molecular complexity index is 1170. The molecule has 0 unspecified atom stereocenters. The van der Waals surface area contributed by atoms with Gasteiger partial charge in [-0.1, -0.05) is 35.6 Å². The van der Waals surface area contributed by atoms with Crippen LogP contribution in [0.25, 0.3) is 21.3 Å². The number of carbonyl (C=O) groups is 1. The maximum atomic E-state index is 12.6. The van der Waals surface area contributed by atoms with E-state index in [9.17, 15) is 4.79 Å². The molecule has 6 nitrogen and oxygen atoms in total. The molecule has 29 heavy (non-hydrogen) atoms. The minimum Gasteiger partial charge on any atom is -0.307 e. The summed E-state index contributed by atoms with van der Waals surface area (Å²) in [6.45, 7) is 2.78. The van der Waals surface area contributed by atoms with Gasteiger partial charge in [-0.15, -0.1) is 10.2 Å². The quantitative estimate of drug-likeness (QED) is 0.536. The molecule has 2 heterocycles. The van der Waals surface area contributed by atoms with E-state index in [-0.39, 0.29) is 5.91 Å². The fourth-order valence-corrected chi connectivity index (χ4v) is 3.76. The Morgan fingerprint density at radius 1 is 1.03 bits per heavy atom. The van der Waals surface area contributed by atoms with Crippen LogP contribution in [-0.4, -0.2) is 40.1 Å². The molecule has 1 N–H and O–H groups in total. The number of hydrogen-bond donors (Lipinski definition) is 1. The topological polar surface area (TPSA) is 71.0 Å². The summed E-state index contributed by atoms with van der Waals surface area (Å²) in [5.74, 6) is 0.342. The van der Waals surface area contributed by atoms with Crippen molar-refractivity contribution in [1.29, 1.82) is 0 Å². The summed E-state index contributed by atoms with van der Waals surface area (Å²) in [5, 5.41) is 15.0. The second kappa shape index (κ2) is 8.06. The summed E-state index contributed by atoms with van der Waals surface area (Å²) in [6, 6.07) is 15.6. The lowest BCUT2D eigenvalue weighted by atomic mass is 10.1. The van der Waals surface area contributed by atoms with Gasteiger partial charge in [-0.2, -0.15) is 0 Å². The van der Waals surface area contributed by atoms with Gasteiger partial charge < -0.3 is 10.2 Å². The molecule has 0 radical (unpaired) electrons. The van der Waals surface area contributed by atoms with Crippen molar-refractivity contribution in [3.05, 3.63) is 70.9 Å². The summed E-state index contributed by atoms with van der Waals surface area (Å²) in [5.41, 5.74) is 2.77. The molecule has 7 heteroatoms. The van der Waals surface area contributed by atoms with Gasteiger partial charge in [0.15, 0.2) is 0 Å². The van der Waals surface area contributed by atoms with E-state index in [0.29, 0.717) is 11.4 Å². The first-order chi connectivity index (χ1) is 14.0. The molecule has 0 atom stereocenters. The van der Waals surface area contributed by atoms with Crippen molar-refractivity contribution in [1.82, 2.24) is 20.1 Å². The Morgan fingerprint density at radius 2 is 1.83 bits per heavy atom. The number of rotatable bonds is 5. The summed E-state index contributed by atoms with van der Waals surface area (Å²) >= 11 is 1.56. The standard InChI is InChI=1S/C22H21N5OS/c1-14-25-26-22(29-14)17-8-9-18-12-23-20(11-19(18)10-17)24-21(28)16-6-4-15(5-7-16)13-27(2)3/h4-12H,13H2,1-3H3,(H,23,24,28). The lowest BCUT2D eigenvalue weighted by Crippen LogP contribution is -2.14. The van der Waals surface area contributed by atoms with E-state index in [1.165, 1.54) is 0 Å². The van der Waals surface area contributed by atoms with Crippen molar-refractivity contribution in [3.63, 3.8) is 0 Å². The van der Waals surface area contributed by atoms with Crippen molar-refractivity contribution >= 4 is 33.8 Å². The number of benzene rings is 2. The zero-order valence-electron chi connectivity index (χ0n) is 16.5. The number of pyridine rings is 1. The Balaban J connectivity index is 1.55. The fraction of sp³-hybridized carbons (Fsp3) is 0.182. The predicted molar refractivity (Wildman–Crippen MR) is 117 cm³/mol. The van der Waals surface area contributed by atoms with Crippen LogP contribution in [-0.2, 0) is 6.54 Å². The molecule has 4 aromatic rings. The highest BCUT2D eigenvalue weighted by Gasteiger charge is 2.09. The largest absolute Gasteiger partial charge is 0.307 e. The van der Waals surface area contributed by atoms with Gasteiger partial charge >= 0.3 is 0 Å². The number of aryl methyl sites for hydroxylation is 1. The molecule has 1 amide bonds. The fourth-order valence-electron chi connectivity index (χ4n) is 3.07. The lowest BCUT2D eigenvalue weighted by molar-refractivity contribution is 0.102. The van der Waals surface area contributed by atoms with Gasteiger partial charge in [0.1, 0.15) is 15.8 Å². The van der Waals surface area contributed by atoms with E-state index in [4.69, 9.17) is 0 Å². The smallest absolute Gasteiger partial charge is 0.256 e. The Hall–Kier alpha value is -3.16. The molecule has 2 aromatic carbocycles. The van der Waals surface area contributed by atoms with Crippen LogP contribution in [0.3, 0.4) is 0 Å². The normalized spacial score (nSPS) is 11.2. The van der Waals surface area contributed by atoms with E-state index < -0.39 is 0 Å². The van der Waals surface area contributed by atoms with E-state index in [1.54, 1.807) is 17.5 Å². The third-order valence-corrected chi connectivity index (χ3v) is 5.34. The summed E-state index contributed by atoms with van der Waals surface area (Å²) < 4.78 is 0. The Labute approximate surface area is 173 Å². The molecule has 0 aliphatic heterocycles. The molecule has 0 fully saturated rings. The molecule has 0 spiro atoms. The van der Waals surface area contributed by atoms with Crippen LogP contribution in [0, 0.1) is 6.92 Å². The average molecular weight is 404 g/mol. The van der Waals surface area contributed by atoms with Gasteiger partial charge in [0.25, 0.3) is 5.91 Å². The highest BCUT2D eigenvalue weighted by Crippen LogP contribution is 2.27. The van der Waals surface area contributed by atoms with Crippen LogP contribution >= 0.6 is 11.3 Å². The zero-order chi connectivity index (χ0) is 20.4. The highest BCUT2D eigenvalue weighted by molar-refractivity contribution is 7.14. The molecule has 0 saturated heterocycles. The minimum atomic E-state index is -0.177. The van der Waals surface area contributed by atoms with E-state index >= 15 is 0 Å². The second-order valence-electron chi connectivity index (χ2n) is 7.15. The molecule has 2 aromatic heterocycles. The summed E-state index contributed by atoms with van der Waals surface area (Å²) in [7, 11) is 4.03. The van der Waals surface area contributed by atoms with Crippen molar-refractivity contribution in [2.24, 2.45) is 0 Å². The van der Waals surface area contributed by atoms with Crippen LogP contribution in [0.4, 0.5) is 5.82 Å². The van der Waals surface area contributed by atoms with Gasteiger partial charge in [0.2, 0.25) is 0 Å². The second-order valence-corrected chi connectivity index (χ2v) is 8.33. The van der Waals surface area contributed by atoms with Crippen molar-refractivity contribution in [2.45, 2.75) is 13.5 Å². The third kappa shape index (κ3) is 4.47. The molecule has 0 aliphatic rings. The predicted octanol–water partition coefficient (Wildman–Crippen LogP) is 4.38. The summed E-state index contributed by atoms with van der Waals surface area (Å²) in [6.07, 6.45) is 1.76. The highest BCUT2D eigenvalue weighted by atomic mass is 32.1. The zero-order valence-corrected chi connectivity index (χ0v) is 17.3. The van der Waals surface area contributed by atoms with Crippen LogP contribution < -0.4 is 5.32 Å². The Morgan fingerprint density at radius 3 is 2.52 bits per heavy atom. The molecular formula is C22H21N5OS. The molecular weight excluding hydrogens is 382 g/mol. The first kappa shape index (κ1) is 19.2. The molecule has 4 rings (SSSR count). The van der Waals surface area contributed by atoms with Gasteiger partial charge in [-0.05, 0) is 56.2 Å². The van der Waals surface area contributed by atoms with Gasteiger partial charge in [-0.25, -0.2) is 4.98 Å². The van der Waals surface area contributed by atoms with Crippen LogP contribution in [0.5, 0.6) is 0 Å². The average Bonchev–Trinajstić information content (AvgIpc) is 3.14. The lowest BCUT2D eigenvalue weighted by Gasteiger charge is -2.10. The number of anilines is 1.